The quantitative estimate of drug-likeness (QED) is 0.729. The average molecular weight is 223 g/mol. The highest BCUT2D eigenvalue weighted by molar-refractivity contribution is 5.84. The van der Waals surface area contributed by atoms with E-state index in [0.717, 1.165) is 6.42 Å². The van der Waals surface area contributed by atoms with Gasteiger partial charge in [0.05, 0.1) is 0 Å². The van der Waals surface area contributed by atoms with Crippen LogP contribution in [0.25, 0.3) is 0 Å². The number of amides is 1. The van der Waals surface area contributed by atoms with E-state index in [1.807, 2.05) is 6.92 Å². The molecule has 0 spiro atoms. The molecule has 0 aromatic heterocycles. The minimum Gasteiger partial charge on any atom is -0.480 e. The van der Waals surface area contributed by atoms with Crippen molar-refractivity contribution in [2.45, 2.75) is 38.6 Å². The molecule has 4 heteroatoms. The van der Waals surface area contributed by atoms with Gasteiger partial charge in [-0.15, -0.1) is 12.3 Å². The molecular weight excluding hydrogens is 206 g/mol. The van der Waals surface area contributed by atoms with Gasteiger partial charge in [0.1, 0.15) is 6.04 Å². The number of carboxylic acids is 1. The molecule has 0 aliphatic carbocycles. The highest BCUT2D eigenvalue weighted by Gasteiger charge is 2.34. The van der Waals surface area contributed by atoms with Crippen LogP contribution in [0, 0.1) is 18.3 Å². The molecule has 1 fully saturated rings. The number of hydrogen-bond acceptors (Lipinski definition) is 2. The Morgan fingerprint density at radius 1 is 1.56 bits per heavy atom. The molecule has 1 amide bonds. The summed E-state index contributed by atoms with van der Waals surface area (Å²) in [5, 5.41) is 9.07. The van der Waals surface area contributed by atoms with E-state index in [9.17, 15) is 9.59 Å². The average Bonchev–Trinajstić information content (AvgIpc) is 2.25. The van der Waals surface area contributed by atoms with Crippen LogP contribution in [0.4, 0.5) is 0 Å². The number of piperidine rings is 1. The third-order valence-electron chi connectivity index (χ3n) is 2.95. The summed E-state index contributed by atoms with van der Waals surface area (Å²) in [4.78, 5) is 24.3. The molecule has 1 N–H and O–H groups in total. The monoisotopic (exact) mass is 223 g/mol. The number of aliphatic carboxylic acids is 1. The van der Waals surface area contributed by atoms with Crippen LogP contribution >= 0.6 is 0 Å². The normalized spacial score (nSPS) is 24.9. The van der Waals surface area contributed by atoms with E-state index in [0.29, 0.717) is 25.3 Å². The van der Waals surface area contributed by atoms with Crippen molar-refractivity contribution < 1.29 is 14.7 Å². The molecule has 88 valence electrons. The maximum atomic E-state index is 11.7. The van der Waals surface area contributed by atoms with Crippen LogP contribution < -0.4 is 0 Å². The Morgan fingerprint density at radius 2 is 2.25 bits per heavy atom. The third kappa shape index (κ3) is 2.99. The van der Waals surface area contributed by atoms with Gasteiger partial charge in [-0.25, -0.2) is 4.79 Å². The van der Waals surface area contributed by atoms with Crippen LogP contribution in [0.15, 0.2) is 0 Å². The number of nitrogens with zero attached hydrogens (tertiary/aromatic N) is 1. The van der Waals surface area contributed by atoms with Crippen molar-refractivity contribution in [3.05, 3.63) is 0 Å². The van der Waals surface area contributed by atoms with Crippen LogP contribution in [0.2, 0.25) is 0 Å². The molecule has 16 heavy (non-hydrogen) atoms. The molecule has 0 bridgehead atoms. The van der Waals surface area contributed by atoms with E-state index in [1.54, 1.807) is 0 Å². The van der Waals surface area contributed by atoms with Gasteiger partial charge in [-0.2, -0.15) is 0 Å². The van der Waals surface area contributed by atoms with Crippen LogP contribution in [0.3, 0.4) is 0 Å². The maximum absolute atomic E-state index is 11.7. The molecule has 2 atom stereocenters. The smallest absolute Gasteiger partial charge is 0.326 e. The number of rotatable bonds is 3. The second-order valence-corrected chi connectivity index (χ2v) is 4.27. The lowest BCUT2D eigenvalue weighted by Gasteiger charge is -2.36. The lowest BCUT2D eigenvalue weighted by molar-refractivity contribution is -0.153. The zero-order chi connectivity index (χ0) is 12.1. The Labute approximate surface area is 95.6 Å². The topological polar surface area (TPSA) is 57.6 Å². The Bertz CT molecular complexity index is 319. The highest BCUT2D eigenvalue weighted by atomic mass is 16.4. The summed E-state index contributed by atoms with van der Waals surface area (Å²) in [5.74, 6) is 1.70. The van der Waals surface area contributed by atoms with Gasteiger partial charge in [-0.1, -0.05) is 6.92 Å². The number of carbonyl (C=O) groups excluding carboxylic acids is 1. The lowest BCUT2D eigenvalue weighted by Crippen LogP contribution is -2.49. The van der Waals surface area contributed by atoms with Gasteiger partial charge >= 0.3 is 5.97 Å². The fourth-order valence-electron chi connectivity index (χ4n) is 2.00. The minimum atomic E-state index is -0.916. The van der Waals surface area contributed by atoms with E-state index >= 15 is 0 Å². The van der Waals surface area contributed by atoms with Crippen molar-refractivity contribution in [1.29, 1.82) is 0 Å². The van der Waals surface area contributed by atoms with Gasteiger partial charge in [-0.3, -0.25) is 4.79 Å². The predicted octanol–water partition coefficient (Wildman–Crippen LogP) is 1.11. The Kier molecular flexibility index (Phi) is 4.36. The first-order chi connectivity index (χ1) is 7.56. The first kappa shape index (κ1) is 12.6. The number of carboxylic acid groups (broad SMARTS) is 1. The summed E-state index contributed by atoms with van der Waals surface area (Å²) in [6, 6.07) is -0.672. The number of carbonyl (C=O) groups is 2. The highest BCUT2D eigenvalue weighted by Crippen LogP contribution is 2.23. The molecule has 1 rings (SSSR count). The standard InChI is InChI=1S/C12H17NO3/c1-3-4-5-11(14)13-7-6-9(2)8-10(13)12(15)16/h1,9-10H,4-8H2,2H3,(H,15,16). The molecule has 0 aromatic carbocycles. The van der Waals surface area contributed by atoms with Gasteiger partial charge in [0.15, 0.2) is 0 Å². The van der Waals surface area contributed by atoms with Crippen LogP contribution in [-0.4, -0.2) is 34.5 Å². The maximum Gasteiger partial charge on any atom is 0.326 e. The summed E-state index contributed by atoms with van der Waals surface area (Å²) < 4.78 is 0. The lowest BCUT2D eigenvalue weighted by atomic mass is 9.92. The summed E-state index contributed by atoms with van der Waals surface area (Å²) in [5.41, 5.74) is 0. The van der Waals surface area contributed by atoms with E-state index in [1.165, 1.54) is 4.90 Å². The third-order valence-corrected chi connectivity index (χ3v) is 2.95. The number of terminal acetylenes is 1. The number of hydrogen-bond donors (Lipinski definition) is 1. The molecule has 0 radical (unpaired) electrons. The first-order valence-electron chi connectivity index (χ1n) is 5.52. The molecule has 4 nitrogen and oxygen atoms in total. The van der Waals surface area contributed by atoms with Crippen LogP contribution in [-0.2, 0) is 9.59 Å². The van der Waals surface area contributed by atoms with E-state index in [4.69, 9.17) is 11.5 Å². The molecular formula is C12H17NO3. The van der Waals surface area contributed by atoms with E-state index in [2.05, 4.69) is 5.92 Å². The molecule has 2 unspecified atom stereocenters. The van der Waals surface area contributed by atoms with Gasteiger partial charge in [0.25, 0.3) is 0 Å². The Morgan fingerprint density at radius 3 is 2.81 bits per heavy atom. The zero-order valence-corrected chi connectivity index (χ0v) is 9.48. The second kappa shape index (κ2) is 5.55. The SMILES string of the molecule is C#CCCC(=O)N1CCC(C)CC1C(=O)O. The Hall–Kier alpha value is -1.50. The van der Waals surface area contributed by atoms with E-state index in [-0.39, 0.29) is 12.3 Å². The fraction of sp³-hybridized carbons (Fsp3) is 0.667. The molecule has 0 saturated carbocycles. The van der Waals surface area contributed by atoms with Gasteiger partial charge in [0, 0.05) is 19.4 Å². The van der Waals surface area contributed by atoms with Crippen molar-refractivity contribution in [3.63, 3.8) is 0 Å². The number of likely N-dealkylation sites (tertiary alicyclic amines) is 1. The van der Waals surface area contributed by atoms with E-state index < -0.39 is 12.0 Å². The van der Waals surface area contributed by atoms with Crippen LogP contribution in [0.1, 0.15) is 32.6 Å². The summed E-state index contributed by atoms with van der Waals surface area (Å²) >= 11 is 0. The molecule has 1 aliphatic rings. The second-order valence-electron chi connectivity index (χ2n) is 4.27. The fourth-order valence-corrected chi connectivity index (χ4v) is 2.00. The minimum absolute atomic E-state index is 0.141. The van der Waals surface area contributed by atoms with Crippen molar-refractivity contribution in [2.75, 3.05) is 6.54 Å². The van der Waals surface area contributed by atoms with Gasteiger partial charge < -0.3 is 10.0 Å². The van der Waals surface area contributed by atoms with Crippen molar-refractivity contribution in [2.24, 2.45) is 5.92 Å². The predicted molar refractivity (Wildman–Crippen MR) is 59.6 cm³/mol. The Balaban J connectivity index is 2.66. The molecule has 0 aromatic rings. The molecule has 1 heterocycles. The largest absolute Gasteiger partial charge is 0.480 e. The van der Waals surface area contributed by atoms with Gasteiger partial charge in [0.2, 0.25) is 5.91 Å². The molecule has 1 aliphatic heterocycles. The zero-order valence-electron chi connectivity index (χ0n) is 9.48. The summed E-state index contributed by atoms with van der Waals surface area (Å²) in [7, 11) is 0. The van der Waals surface area contributed by atoms with Crippen molar-refractivity contribution >= 4 is 11.9 Å². The van der Waals surface area contributed by atoms with Crippen molar-refractivity contribution in [3.8, 4) is 12.3 Å². The summed E-state index contributed by atoms with van der Waals surface area (Å²) in [6.07, 6.45) is 7.11. The first-order valence-corrected chi connectivity index (χ1v) is 5.52. The summed E-state index contributed by atoms with van der Waals surface area (Å²) in [6.45, 7) is 2.54. The van der Waals surface area contributed by atoms with Gasteiger partial charge in [-0.05, 0) is 18.8 Å². The van der Waals surface area contributed by atoms with Crippen LogP contribution in [0.5, 0.6) is 0 Å². The molecule has 1 saturated heterocycles. The van der Waals surface area contributed by atoms with Crippen molar-refractivity contribution in [1.82, 2.24) is 4.90 Å².